The molecule has 23 heavy (non-hydrogen) atoms. The van der Waals surface area contributed by atoms with E-state index in [4.69, 9.17) is 29.0 Å². The van der Waals surface area contributed by atoms with Crippen LogP contribution in [-0.4, -0.2) is 60.9 Å². The van der Waals surface area contributed by atoms with Crippen LogP contribution in [0.25, 0.3) is 11.0 Å². The third-order valence-electron chi connectivity index (χ3n) is 2.92. The number of aliphatic carboxylic acids is 2. The van der Waals surface area contributed by atoms with Crippen LogP contribution in [0.3, 0.4) is 0 Å². The lowest BCUT2D eigenvalue weighted by Crippen LogP contribution is -2.18. The molecule has 0 aliphatic carbocycles. The van der Waals surface area contributed by atoms with E-state index in [1.54, 1.807) is 6.26 Å². The van der Waals surface area contributed by atoms with E-state index in [1.807, 2.05) is 12.1 Å². The van der Waals surface area contributed by atoms with Gasteiger partial charge in [0.25, 0.3) is 0 Å². The van der Waals surface area contributed by atoms with Crippen LogP contribution >= 0.6 is 0 Å². The molecule has 0 spiro atoms. The fraction of sp³-hybridized carbons (Fsp3) is 0.375. The molecule has 0 unspecified atom stereocenters. The number of hydrogen-bond acceptors (Lipinski definition) is 5. The van der Waals surface area contributed by atoms with Crippen LogP contribution in [0.2, 0.25) is 0 Å². The van der Waals surface area contributed by atoms with Crippen molar-refractivity contribution in [1.29, 1.82) is 0 Å². The topological polar surface area (TPSA) is 100 Å². The zero-order chi connectivity index (χ0) is 17.2. The van der Waals surface area contributed by atoms with Gasteiger partial charge in [0.2, 0.25) is 0 Å². The highest BCUT2D eigenvalue weighted by Gasteiger charge is 2.04. The molecule has 0 aliphatic rings. The first kappa shape index (κ1) is 18.7. The molecule has 0 aliphatic heterocycles. The summed E-state index contributed by atoms with van der Waals surface area (Å²) in [7, 11) is 4.10. The largest absolute Gasteiger partial charge is 0.473 e. The summed E-state index contributed by atoms with van der Waals surface area (Å²) >= 11 is 0. The quantitative estimate of drug-likeness (QED) is 0.616. The summed E-state index contributed by atoms with van der Waals surface area (Å²) in [5.41, 5.74) is 2.24. The van der Waals surface area contributed by atoms with E-state index in [-0.39, 0.29) is 0 Å². The van der Waals surface area contributed by atoms with Crippen molar-refractivity contribution in [3.05, 3.63) is 36.1 Å². The van der Waals surface area contributed by atoms with Crippen LogP contribution in [0.4, 0.5) is 0 Å². The Kier molecular flexibility index (Phi) is 7.79. The molecule has 0 fully saturated rings. The van der Waals surface area contributed by atoms with Gasteiger partial charge >= 0.3 is 11.9 Å². The number of rotatable bonds is 6. The summed E-state index contributed by atoms with van der Waals surface area (Å²) in [5.74, 6) is -3.65. The molecule has 0 amide bonds. The van der Waals surface area contributed by atoms with E-state index >= 15 is 0 Å². The molecule has 0 saturated heterocycles. The lowest BCUT2D eigenvalue weighted by atomic mass is 10.1. The molecule has 2 N–H and O–H groups in total. The summed E-state index contributed by atoms with van der Waals surface area (Å²) in [6.45, 7) is 2.54. The number of carbonyl (C=O) groups is 2. The minimum absolute atomic E-state index is 0.775. The van der Waals surface area contributed by atoms with Gasteiger partial charge in [0.1, 0.15) is 5.58 Å². The van der Waals surface area contributed by atoms with E-state index in [0.29, 0.717) is 0 Å². The number of fused-ring (bicyclic) bond motifs is 1. The highest BCUT2D eigenvalue weighted by Crippen LogP contribution is 2.17. The Morgan fingerprint density at radius 2 is 1.83 bits per heavy atom. The first-order valence-electron chi connectivity index (χ1n) is 7.05. The molecule has 0 saturated carbocycles. The van der Waals surface area contributed by atoms with Crippen molar-refractivity contribution in [2.75, 3.05) is 33.9 Å². The second kappa shape index (κ2) is 9.60. The molecule has 1 aromatic heterocycles. The second-order valence-electron chi connectivity index (χ2n) is 5.07. The van der Waals surface area contributed by atoms with Gasteiger partial charge in [-0.2, -0.15) is 0 Å². The van der Waals surface area contributed by atoms with Gasteiger partial charge in [-0.05, 0) is 44.3 Å². The molecule has 1 heterocycles. The normalized spacial score (nSPS) is 10.4. The predicted molar refractivity (Wildman–Crippen MR) is 84.6 cm³/mol. The van der Waals surface area contributed by atoms with Gasteiger partial charge in [0, 0.05) is 11.9 Å². The number of nitrogens with zero attached hydrogens (tertiary/aromatic N) is 1. The number of furan rings is 1. The minimum atomic E-state index is -1.82. The average molecular weight is 323 g/mol. The van der Waals surface area contributed by atoms with Gasteiger partial charge in [-0.15, -0.1) is 0 Å². The molecule has 7 nitrogen and oxygen atoms in total. The molecule has 0 bridgehead atoms. The van der Waals surface area contributed by atoms with E-state index in [2.05, 4.69) is 31.1 Å². The van der Waals surface area contributed by atoms with Crippen molar-refractivity contribution in [2.45, 2.75) is 6.42 Å². The Balaban J connectivity index is 0.000000379. The van der Waals surface area contributed by atoms with Gasteiger partial charge in [-0.1, -0.05) is 6.07 Å². The SMILES string of the molecule is CN(C)CCOCCc1ccc2occc2c1.O=C(O)C(=O)O. The first-order valence-corrected chi connectivity index (χ1v) is 7.05. The molecule has 126 valence electrons. The van der Waals surface area contributed by atoms with Gasteiger partial charge in [-0.3, -0.25) is 0 Å². The van der Waals surface area contributed by atoms with Crippen molar-refractivity contribution in [3.63, 3.8) is 0 Å². The molecular formula is C16H21NO6. The number of likely N-dealkylation sites (N-methyl/N-ethyl adjacent to an activating group) is 1. The van der Waals surface area contributed by atoms with Crippen LogP contribution in [0.5, 0.6) is 0 Å². The Bertz CT molecular complexity index is 622. The fourth-order valence-corrected chi connectivity index (χ4v) is 1.71. The van der Waals surface area contributed by atoms with Crippen LogP contribution in [0, 0.1) is 0 Å². The van der Waals surface area contributed by atoms with E-state index < -0.39 is 11.9 Å². The third kappa shape index (κ3) is 7.44. The third-order valence-corrected chi connectivity index (χ3v) is 2.92. The lowest BCUT2D eigenvalue weighted by Gasteiger charge is -2.09. The van der Waals surface area contributed by atoms with Crippen molar-refractivity contribution in [1.82, 2.24) is 4.90 Å². The van der Waals surface area contributed by atoms with E-state index in [9.17, 15) is 0 Å². The summed E-state index contributed by atoms with van der Waals surface area (Å²) in [4.78, 5) is 20.3. The molecular weight excluding hydrogens is 302 g/mol. The zero-order valence-electron chi connectivity index (χ0n) is 13.2. The Morgan fingerprint density at radius 3 is 2.43 bits per heavy atom. The summed E-state index contributed by atoms with van der Waals surface area (Å²) in [6, 6.07) is 8.27. The van der Waals surface area contributed by atoms with Crippen molar-refractivity contribution >= 4 is 22.9 Å². The zero-order valence-corrected chi connectivity index (χ0v) is 13.2. The van der Waals surface area contributed by atoms with Crippen molar-refractivity contribution < 1.29 is 29.0 Å². The maximum Gasteiger partial charge on any atom is 0.414 e. The van der Waals surface area contributed by atoms with Gasteiger partial charge in [0.15, 0.2) is 0 Å². The molecule has 7 heteroatoms. The molecule has 1 aromatic carbocycles. The fourth-order valence-electron chi connectivity index (χ4n) is 1.71. The number of carboxylic acid groups (broad SMARTS) is 2. The molecule has 2 rings (SSSR count). The maximum atomic E-state index is 9.10. The molecule has 0 atom stereocenters. The highest BCUT2D eigenvalue weighted by molar-refractivity contribution is 6.27. The Hall–Kier alpha value is -2.38. The van der Waals surface area contributed by atoms with Gasteiger partial charge < -0.3 is 24.3 Å². The van der Waals surface area contributed by atoms with Crippen LogP contribution in [-0.2, 0) is 20.7 Å². The summed E-state index contributed by atoms with van der Waals surface area (Å²) in [5, 5.41) is 15.9. The number of hydrogen-bond donors (Lipinski definition) is 2. The summed E-state index contributed by atoms with van der Waals surface area (Å²) in [6.07, 6.45) is 2.68. The molecule has 0 radical (unpaired) electrons. The van der Waals surface area contributed by atoms with E-state index in [0.717, 1.165) is 37.1 Å². The summed E-state index contributed by atoms with van der Waals surface area (Å²) < 4.78 is 10.9. The monoisotopic (exact) mass is 323 g/mol. The minimum Gasteiger partial charge on any atom is -0.473 e. The van der Waals surface area contributed by atoms with E-state index in [1.165, 1.54) is 5.56 Å². The first-order chi connectivity index (χ1) is 10.9. The number of carboxylic acids is 2. The average Bonchev–Trinajstić information content (AvgIpc) is 2.94. The second-order valence-corrected chi connectivity index (χ2v) is 5.07. The van der Waals surface area contributed by atoms with Crippen molar-refractivity contribution in [2.24, 2.45) is 0 Å². The van der Waals surface area contributed by atoms with Crippen LogP contribution in [0.15, 0.2) is 34.9 Å². The number of ether oxygens (including phenoxy) is 1. The number of benzene rings is 1. The van der Waals surface area contributed by atoms with Gasteiger partial charge in [-0.25, -0.2) is 9.59 Å². The maximum absolute atomic E-state index is 9.10. The lowest BCUT2D eigenvalue weighted by molar-refractivity contribution is -0.159. The van der Waals surface area contributed by atoms with Crippen molar-refractivity contribution in [3.8, 4) is 0 Å². The Labute approximate surface area is 134 Å². The molecule has 2 aromatic rings. The van der Waals surface area contributed by atoms with Crippen LogP contribution in [0.1, 0.15) is 5.56 Å². The smallest absolute Gasteiger partial charge is 0.414 e. The van der Waals surface area contributed by atoms with Gasteiger partial charge in [0.05, 0.1) is 19.5 Å². The highest BCUT2D eigenvalue weighted by atomic mass is 16.5. The standard InChI is InChI=1S/C14H19NO2.C2H2O4/c1-15(2)7-10-16-8-5-12-3-4-14-13(11-12)6-9-17-14;3-1(4)2(5)6/h3-4,6,9,11H,5,7-8,10H2,1-2H3;(H,3,4)(H,5,6). The predicted octanol–water partition coefficient (Wildman–Crippen LogP) is 1.71. The Morgan fingerprint density at radius 1 is 1.13 bits per heavy atom. The van der Waals surface area contributed by atoms with Crippen LogP contribution < -0.4 is 0 Å².